The lowest BCUT2D eigenvalue weighted by Gasteiger charge is -2.34. The molecule has 1 N–H and O–H groups in total. The molecular weight excluding hydrogens is 455 g/mol. The molecule has 0 radical (unpaired) electrons. The van der Waals surface area contributed by atoms with Crippen LogP contribution in [0.4, 0.5) is 0 Å². The second-order valence-electron chi connectivity index (χ2n) is 6.86. The molecule has 3 rings (SSSR count). The maximum Gasteiger partial charge on any atom is 0.193 e. The highest BCUT2D eigenvalue weighted by atomic mass is 127. The van der Waals surface area contributed by atoms with Crippen molar-refractivity contribution in [3.05, 3.63) is 35.4 Å². The average molecular weight is 484 g/mol. The number of rotatable bonds is 5. The molecule has 0 saturated carbocycles. The van der Waals surface area contributed by atoms with E-state index in [-0.39, 0.29) is 24.0 Å². The van der Waals surface area contributed by atoms with E-state index < -0.39 is 0 Å². The molecule has 0 aliphatic carbocycles. The van der Waals surface area contributed by atoms with Crippen LogP contribution in [0, 0.1) is 11.3 Å². The first-order valence-electron chi connectivity index (χ1n) is 9.46. The van der Waals surface area contributed by atoms with Crippen molar-refractivity contribution in [3.8, 4) is 6.07 Å². The molecule has 1 unspecified atom stereocenters. The van der Waals surface area contributed by atoms with E-state index in [0.717, 1.165) is 63.5 Å². The molecule has 2 aliphatic heterocycles. The van der Waals surface area contributed by atoms with Gasteiger partial charge in [0.05, 0.1) is 30.4 Å². The van der Waals surface area contributed by atoms with Gasteiger partial charge in [-0.2, -0.15) is 5.26 Å². The molecule has 2 saturated heterocycles. The molecule has 27 heavy (non-hydrogen) atoms. The summed E-state index contributed by atoms with van der Waals surface area (Å²) < 4.78 is 11.7. The predicted molar refractivity (Wildman–Crippen MR) is 116 cm³/mol. The highest BCUT2D eigenvalue weighted by Crippen LogP contribution is 2.18. The number of ether oxygens (including phenoxy) is 2. The molecule has 1 aromatic rings. The molecule has 148 valence electrons. The van der Waals surface area contributed by atoms with Gasteiger partial charge in [-0.1, -0.05) is 12.1 Å². The van der Waals surface area contributed by atoms with Gasteiger partial charge in [0.2, 0.25) is 0 Å². The van der Waals surface area contributed by atoms with Crippen LogP contribution in [0.3, 0.4) is 0 Å². The number of benzene rings is 1. The van der Waals surface area contributed by atoms with E-state index in [4.69, 9.17) is 14.7 Å². The van der Waals surface area contributed by atoms with Gasteiger partial charge in [-0.15, -0.1) is 24.0 Å². The Morgan fingerprint density at radius 2 is 2.04 bits per heavy atom. The van der Waals surface area contributed by atoms with E-state index in [0.29, 0.717) is 24.3 Å². The summed E-state index contributed by atoms with van der Waals surface area (Å²) >= 11 is 0. The van der Waals surface area contributed by atoms with Crippen LogP contribution in [0.25, 0.3) is 0 Å². The van der Waals surface area contributed by atoms with Gasteiger partial charge in [0, 0.05) is 33.3 Å². The summed E-state index contributed by atoms with van der Waals surface area (Å²) in [6, 6.07) is 9.78. The summed E-state index contributed by atoms with van der Waals surface area (Å²) in [5.41, 5.74) is 1.82. The summed E-state index contributed by atoms with van der Waals surface area (Å²) in [6.45, 7) is 4.21. The molecule has 6 nitrogen and oxygen atoms in total. The topological polar surface area (TPSA) is 69.9 Å². The van der Waals surface area contributed by atoms with E-state index >= 15 is 0 Å². The molecule has 0 spiro atoms. The third kappa shape index (κ3) is 6.63. The van der Waals surface area contributed by atoms with E-state index in [9.17, 15) is 0 Å². The van der Waals surface area contributed by atoms with Crippen molar-refractivity contribution in [2.45, 2.75) is 44.4 Å². The number of nitrogens with one attached hydrogen (secondary N) is 1. The maximum absolute atomic E-state index is 8.87. The fraction of sp³-hybridized carbons (Fsp3) is 0.600. The Hall–Kier alpha value is -1.37. The first-order valence-corrected chi connectivity index (χ1v) is 9.46. The van der Waals surface area contributed by atoms with Gasteiger partial charge in [0.1, 0.15) is 0 Å². The van der Waals surface area contributed by atoms with Crippen LogP contribution >= 0.6 is 24.0 Å². The minimum atomic E-state index is 0. The first kappa shape index (κ1) is 21.9. The summed E-state index contributed by atoms with van der Waals surface area (Å²) in [6.07, 6.45) is 4.95. The van der Waals surface area contributed by atoms with Gasteiger partial charge in [-0.3, -0.25) is 4.99 Å². The van der Waals surface area contributed by atoms with Gasteiger partial charge in [0.15, 0.2) is 5.96 Å². The van der Waals surface area contributed by atoms with Crippen LogP contribution < -0.4 is 5.32 Å². The summed E-state index contributed by atoms with van der Waals surface area (Å²) in [5, 5.41) is 12.3. The minimum Gasteiger partial charge on any atom is -0.376 e. The van der Waals surface area contributed by atoms with Crippen molar-refractivity contribution in [2.75, 3.05) is 33.4 Å². The van der Waals surface area contributed by atoms with Crippen molar-refractivity contribution in [1.82, 2.24) is 10.2 Å². The highest BCUT2D eigenvalue weighted by Gasteiger charge is 2.24. The summed E-state index contributed by atoms with van der Waals surface area (Å²) in [7, 11) is 1.82. The Morgan fingerprint density at radius 1 is 1.30 bits per heavy atom. The first-order chi connectivity index (χ1) is 12.8. The summed E-state index contributed by atoms with van der Waals surface area (Å²) in [4.78, 5) is 6.70. The second-order valence-corrected chi connectivity index (χ2v) is 6.86. The normalized spacial score (nSPS) is 20.8. The van der Waals surface area contributed by atoms with Gasteiger partial charge >= 0.3 is 0 Å². The zero-order chi connectivity index (χ0) is 18.2. The van der Waals surface area contributed by atoms with Crippen molar-refractivity contribution >= 4 is 29.9 Å². The van der Waals surface area contributed by atoms with Crippen molar-refractivity contribution in [2.24, 2.45) is 4.99 Å². The number of aliphatic imine (C=N–C) groups is 1. The van der Waals surface area contributed by atoms with Gasteiger partial charge < -0.3 is 19.7 Å². The second kappa shape index (κ2) is 11.5. The quantitative estimate of drug-likeness (QED) is 0.396. The number of halogens is 1. The number of hydrogen-bond donors (Lipinski definition) is 1. The van der Waals surface area contributed by atoms with Crippen molar-refractivity contribution in [1.29, 1.82) is 5.26 Å². The lowest BCUT2D eigenvalue weighted by molar-refractivity contribution is -0.0367. The third-order valence-electron chi connectivity index (χ3n) is 5.03. The van der Waals surface area contributed by atoms with Crippen LogP contribution in [0.2, 0.25) is 0 Å². The average Bonchev–Trinajstić information content (AvgIpc) is 3.22. The molecule has 2 fully saturated rings. The Morgan fingerprint density at radius 3 is 2.63 bits per heavy atom. The predicted octanol–water partition coefficient (Wildman–Crippen LogP) is 2.91. The molecule has 0 amide bonds. The Labute approximate surface area is 178 Å². The monoisotopic (exact) mass is 484 g/mol. The van der Waals surface area contributed by atoms with E-state index in [2.05, 4.69) is 21.3 Å². The largest absolute Gasteiger partial charge is 0.376 e. The van der Waals surface area contributed by atoms with Crippen LogP contribution in [0.5, 0.6) is 0 Å². The van der Waals surface area contributed by atoms with Crippen molar-refractivity contribution < 1.29 is 9.47 Å². The fourth-order valence-corrected chi connectivity index (χ4v) is 3.46. The number of hydrogen-bond acceptors (Lipinski definition) is 4. The molecule has 2 aliphatic rings. The molecule has 2 heterocycles. The molecule has 1 atom stereocenters. The number of nitriles is 1. The molecule has 1 aromatic carbocycles. The number of guanidine groups is 1. The number of likely N-dealkylation sites (tertiary alicyclic amines) is 1. The molecule has 0 bridgehead atoms. The van der Waals surface area contributed by atoms with E-state index in [1.54, 1.807) is 0 Å². The summed E-state index contributed by atoms with van der Waals surface area (Å²) in [5.74, 6) is 0.923. The van der Waals surface area contributed by atoms with E-state index in [1.165, 1.54) is 0 Å². The smallest absolute Gasteiger partial charge is 0.193 e. The van der Waals surface area contributed by atoms with Gasteiger partial charge in [0.25, 0.3) is 0 Å². The third-order valence-corrected chi connectivity index (χ3v) is 5.03. The van der Waals surface area contributed by atoms with Gasteiger partial charge in [-0.05, 0) is 43.4 Å². The Kier molecular flexibility index (Phi) is 9.31. The van der Waals surface area contributed by atoms with E-state index in [1.807, 2.05) is 31.3 Å². The van der Waals surface area contributed by atoms with Gasteiger partial charge in [-0.25, -0.2) is 0 Å². The zero-order valence-electron chi connectivity index (χ0n) is 15.9. The zero-order valence-corrected chi connectivity index (χ0v) is 18.2. The lowest BCUT2D eigenvalue weighted by Crippen LogP contribution is -2.47. The highest BCUT2D eigenvalue weighted by molar-refractivity contribution is 14.0. The molecule has 7 heteroatoms. The number of nitrogens with zero attached hydrogens (tertiary/aromatic N) is 3. The molecule has 0 aromatic heterocycles. The van der Waals surface area contributed by atoms with Crippen LogP contribution in [-0.2, 0) is 16.0 Å². The SMILES string of the molecule is CN=C(NCc1ccc(C#N)cc1)N1CCC(OCC2CCCO2)CC1.I. The van der Waals surface area contributed by atoms with Crippen LogP contribution in [-0.4, -0.2) is 56.4 Å². The standard InChI is InChI=1S/C20H28N4O2.HI/c1-22-20(23-14-17-6-4-16(13-21)5-7-17)24-10-8-18(9-11-24)26-15-19-3-2-12-25-19;/h4-7,18-19H,2-3,8-12,14-15H2,1H3,(H,22,23);1H. The van der Waals surface area contributed by atoms with Crippen LogP contribution in [0.15, 0.2) is 29.3 Å². The van der Waals surface area contributed by atoms with Crippen LogP contribution in [0.1, 0.15) is 36.8 Å². The van der Waals surface area contributed by atoms with Crippen molar-refractivity contribution in [3.63, 3.8) is 0 Å². The fourth-order valence-electron chi connectivity index (χ4n) is 3.46. The maximum atomic E-state index is 8.87. The minimum absolute atomic E-state index is 0. The Balaban J connectivity index is 0.00000261. The molecular formula is C20H29IN4O2. The number of piperidine rings is 1. The Bertz CT molecular complexity index is 630. The lowest BCUT2D eigenvalue weighted by atomic mass is 10.1.